The van der Waals surface area contributed by atoms with Crippen molar-refractivity contribution in [1.82, 2.24) is 0 Å². The van der Waals surface area contributed by atoms with Crippen LogP contribution in [0.2, 0.25) is 0 Å². The van der Waals surface area contributed by atoms with E-state index in [9.17, 15) is 0 Å². The summed E-state index contributed by atoms with van der Waals surface area (Å²) in [5.74, 6) is 0.627. The van der Waals surface area contributed by atoms with Gasteiger partial charge in [0.25, 0.3) is 0 Å². The van der Waals surface area contributed by atoms with E-state index in [0.29, 0.717) is 21.4 Å². The van der Waals surface area contributed by atoms with Crippen LogP contribution in [0.25, 0.3) is 34.4 Å². The molecule has 0 aliphatic heterocycles. The van der Waals surface area contributed by atoms with Gasteiger partial charge in [-0.2, -0.15) is 0 Å². The Kier molecular flexibility index (Phi) is 7.04. The smallest absolute Gasteiger partial charge is 0.0628 e. The minimum atomic E-state index is 0.313. The van der Waals surface area contributed by atoms with Crippen LogP contribution in [0.4, 0.5) is 0 Å². The van der Waals surface area contributed by atoms with Gasteiger partial charge in [0, 0.05) is 11.8 Å². The first-order valence-electron chi connectivity index (χ1n) is 15.8. The molecule has 8 rings (SSSR count). The van der Waals surface area contributed by atoms with Crippen LogP contribution in [-0.2, 0) is 0 Å². The van der Waals surface area contributed by atoms with Gasteiger partial charge in [-0.15, -0.1) is 0 Å². The Bertz CT molecular complexity index is 1910. The first-order chi connectivity index (χ1) is 22.1. The molecule has 0 amide bonds. The SMILES string of the molecule is CC1=Cc2c(-c3ccccc3)cccc2C1c1ccc([Si]c2ccc(C3C(C)=Cc4c(-c5ccccc5)cccc43)cc2)cc1. The van der Waals surface area contributed by atoms with Crippen LogP contribution in [0, 0.1) is 0 Å². The van der Waals surface area contributed by atoms with Gasteiger partial charge in [-0.3, -0.25) is 0 Å². The zero-order chi connectivity index (χ0) is 30.3. The molecular formula is C44H34Si. The molecule has 214 valence electrons. The Morgan fingerprint density at radius 1 is 0.400 bits per heavy atom. The molecule has 45 heavy (non-hydrogen) atoms. The average molecular weight is 591 g/mol. The minimum Gasteiger partial charge on any atom is -0.0628 e. The van der Waals surface area contributed by atoms with Crippen LogP contribution in [0.15, 0.2) is 157 Å². The summed E-state index contributed by atoms with van der Waals surface area (Å²) in [6.45, 7) is 4.55. The Labute approximate surface area is 269 Å². The zero-order valence-electron chi connectivity index (χ0n) is 25.7. The quantitative estimate of drug-likeness (QED) is 0.169. The third-order valence-corrected chi connectivity index (χ3v) is 10.7. The highest BCUT2D eigenvalue weighted by atomic mass is 28.2. The summed E-state index contributed by atoms with van der Waals surface area (Å²) >= 11 is 0. The van der Waals surface area contributed by atoms with Crippen LogP contribution in [-0.4, -0.2) is 9.52 Å². The molecular weight excluding hydrogens is 557 g/mol. The highest BCUT2D eigenvalue weighted by Gasteiger charge is 2.27. The monoisotopic (exact) mass is 590 g/mol. The van der Waals surface area contributed by atoms with Crippen molar-refractivity contribution in [3.8, 4) is 22.3 Å². The highest BCUT2D eigenvalue weighted by molar-refractivity contribution is 6.67. The molecule has 2 unspecified atom stereocenters. The molecule has 0 nitrogen and oxygen atoms in total. The predicted molar refractivity (Wildman–Crippen MR) is 193 cm³/mol. The van der Waals surface area contributed by atoms with Gasteiger partial charge < -0.3 is 0 Å². The Balaban J connectivity index is 1.01. The fourth-order valence-corrected chi connectivity index (χ4v) is 8.41. The predicted octanol–water partition coefficient (Wildman–Crippen LogP) is 9.77. The molecule has 0 N–H and O–H groups in total. The van der Waals surface area contributed by atoms with E-state index in [1.54, 1.807) is 0 Å². The van der Waals surface area contributed by atoms with Crippen LogP contribution < -0.4 is 10.4 Å². The van der Waals surface area contributed by atoms with E-state index in [0.717, 1.165) is 0 Å². The summed E-state index contributed by atoms with van der Waals surface area (Å²) in [5, 5.41) is 2.75. The van der Waals surface area contributed by atoms with Gasteiger partial charge in [0.1, 0.15) is 9.52 Å². The molecule has 2 aliphatic rings. The first-order valence-corrected chi connectivity index (χ1v) is 16.8. The van der Waals surface area contributed by atoms with Crippen molar-refractivity contribution in [2.75, 3.05) is 0 Å². The standard InChI is InChI=1S/C44H34Si/c1-29-27-41-37(31-11-5-3-6-12-31)15-9-17-39(41)43(29)33-19-23-35(24-20-33)45-36-25-21-34(22-26-36)44-30(2)28-42-38(16-10-18-40(42)44)32-13-7-4-8-14-32/h3-28,43-44H,1-2H3. The maximum Gasteiger partial charge on any atom is 0.121 e. The maximum atomic E-state index is 2.39. The van der Waals surface area contributed by atoms with Crippen LogP contribution >= 0.6 is 0 Å². The van der Waals surface area contributed by atoms with Crippen molar-refractivity contribution < 1.29 is 0 Å². The summed E-state index contributed by atoms with van der Waals surface area (Å²) in [7, 11) is 0.634. The molecule has 6 aromatic carbocycles. The zero-order valence-corrected chi connectivity index (χ0v) is 26.7. The normalized spacial score (nSPS) is 16.6. The largest absolute Gasteiger partial charge is 0.121 e. The molecule has 2 radical (unpaired) electrons. The maximum absolute atomic E-state index is 2.39. The van der Waals surface area contributed by atoms with E-state index in [4.69, 9.17) is 0 Å². The number of allylic oxidation sites excluding steroid dienone is 2. The van der Waals surface area contributed by atoms with E-state index < -0.39 is 0 Å². The van der Waals surface area contributed by atoms with Crippen molar-refractivity contribution in [2.24, 2.45) is 0 Å². The van der Waals surface area contributed by atoms with Gasteiger partial charge in [-0.05, 0) is 69.5 Å². The van der Waals surface area contributed by atoms with E-state index in [-0.39, 0.29) is 0 Å². The molecule has 0 fully saturated rings. The van der Waals surface area contributed by atoms with Crippen molar-refractivity contribution in [3.05, 3.63) is 190 Å². The first kappa shape index (κ1) is 27.6. The van der Waals surface area contributed by atoms with E-state index in [1.165, 1.54) is 77.2 Å². The Morgan fingerprint density at radius 3 is 1.20 bits per heavy atom. The summed E-state index contributed by atoms with van der Waals surface area (Å²) in [5.41, 5.74) is 16.3. The van der Waals surface area contributed by atoms with Gasteiger partial charge in [-0.1, -0.05) is 179 Å². The van der Waals surface area contributed by atoms with Gasteiger partial charge in [0.2, 0.25) is 0 Å². The van der Waals surface area contributed by atoms with Crippen molar-refractivity contribution in [1.29, 1.82) is 0 Å². The summed E-state index contributed by atoms with van der Waals surface area (Å²) in [6, 6.07) is 53.7. The molecule has 0 saturated carbocycles. The van der Waals surface area contributed by atoms with Crippen LogP contribution in [0.3, 0.4) is 0 Å². The topological polar surface area (TPSA) is 0 Å². The second-order valence-corrected chi connectivity index (χ2v) is 13.8. The molecule has 2 aliphatic carbocycles. The second-order valence-electron chi connectivity index (χ2n) is 12.4. The van der Waals surface area contributed by atoms with Gasteiger partial charge >= 0.3 is 0 Å². The summed E-state index contributed by atoms with van der Waals surface area (Å²) in [6.07, 6.45) is 4.78. The van der Waals surface area contributed by atoms with Crippen molar-refractivity contribution in [2.45, 2.75) is 25.7 Å². The summed E-state index contributed by atoms with van der Waals surface area (Å²) in [4.78, 5) is 0. The highest BCUT2D eigenvalue weighted by Crippen LogP contribution is 2.45. The molecule has 0 bridgehead atoms. The fourth-order valence-electron chi connectivity index (χ4n) is 7.41. The molecule has 1 heteroatoms. The number of hydrogen-bond donors (Lipinski definition) is 0. The minimum absolute atomic E-state index is 0.313. The van der Waals surface area contributed by atoms with Crippen LogP contribution in [0.5, 0.6) is 0 Å². The number of hydrogen-bond acceptors (Lipinski definition) is 0. The third kappa shape index (κ3) is 5.04. The Morgan fingerprint density at radius 2 is 0.800 bits per heavy atom. The fraction of sp³-hybridized carbons (Fsp3) is 0.0909. The lowest BCUT2D eigenvalue weighted by atomic mass is 9.87. The van der Waals surface area contributed by atoms with E-state index in [2.05, 4.69) is 172 Å². The number of fused-ring (bicyclic) bond motifs is 2. The Hall–Kier alpha value is -4.98. The molecule has 0 heterocycles. The van der Waals surface area contributed by atoms with E-state index in [1.807, 2.05) is 0 Å². The number of rotatable bonds is 6. The molecule has 0 aromatic heterocycles. The van der Waals surface area contributed by atoms with Gasteiger partial charge in [0.15, 0.2) is 0 Å². The summed E-state index contributed by atoms with van der Waals surface area (Å²) < 4.78 is 0. The lowest BCUT2D eigenvalue weighted by Crippen LogP contribution is -2.27. The van der Waals surface area contributed by atoms with Crippen molar-refractivity contribution in [3.63, 3.8) is 0 Å². The van der Waals surface area contributed by atoms with Gasteiger partial charge in [0.05, 0.1) is 0 Å². The lowest BCUT2D eigenvalue weighted by Gasteiger charge is -2.17. The molecule has 0 spiro atoms. The van der Waals surface area contributed by atoms with Crippen molar-refractivity contribution >= 4 is 32.0 Å². The molecule has 2 atom stereocenters. The number of benzene rings is 6. The third-order valence-electron chi connectivity index (χ3n) is 9.50. The molecule has 0 saturated heterocycles. The van der Waals surface area contributed by atoms with Crippen LogP contribution in [0.1, 0.15) is 59.1 Å². The van der Waals surface area contributed by atoms with Gasteiger partial charge in [-0.25, -0.2) is 0 Å². The van der Waals surface area contributed by atoms with E-state index >= 15 is 0 Å². The second kappa shape index (κ2) is 11.5. The average Bonchev–Trinajstić information content (AvgIpc) is 3.61. The lowest BCUT2D eigenvalue weighted by molar-refractivity contribution is 0.978. The molecule has 6 aromatic rings.